The molecule has 180 valence electrons. The first kappa shape index (κ1) is 24.4. The van der Waals surface area contributed by atoms with Crippen molar-refractivity contribution in [2.24, 2.45) is 5.41 Å². The van der Waals surface area contributed by atoms with Gasteiger partial charge in [0.05, 0.1) is 48.0 Å². The summed E-state index contributed by atoms with van der Waals surface area (Å²) in [5.41, 5.74) is -1.25. The van der Waals surface area contributed by atoms with Crippen LogP contribution in [-0.2, 0) is 11.8 Å². The predicted molar refractivity (Wildman–Crippen MR) is 122 cm³/mol. The summed E-state index contributed by atoms with van der Waals surface area (Å²) in [6, 6.07) is 12.5. The molecule has 0 amide bonds. The number of benzene rings is 2. The van der Waals surface area contributed by atoms with Crippen molar-refractivity contribution in [3.8, 4) is 5.75 Å². The molecule has 6 N–H and O–H groups in total. The molecule has 0 heterocycles. The molecule has 0 aromatic heterocycles. The van der Waals surface area contributed by atoms with Gasteiger partial charge in [0.2, 0.25) is 0 Å². The van der Waals surface area contributed by atoms with E-state index in [4.69, 9.17) is 16.3 Å². The lowest BCUT2D eigenvalue weighted by Gasteiger charge is -2.53. The number of aliphatic hydroxyl groups excluding tert-OH is 6. The molecule has 2 aromatic rings. The van der Waals surface area contributed by atoms with Crippen LogP contribution in [0.25, 0.3) is 0 Å². The minimum Gasteiger partial charge on any atom is -0.494 e. The van der Waals surface area contributed by atoms with E-state index < -0.39 is 47.5 Å². The third-order valence-corrected chi connectivity index (χ3v) is 8.07. The van der Waals surface area contributed by atoms with Gasteiger partial charge in [0, 0.05) is 5.02 Å². The molecule has 4 rings (SSSR count). The first-order valence-corrected chi connectivity index (χ1v) is 11.6. The summed E-state index contributed by atoms with van der Waals surface area (Å²) in [5, 5.41) is 65.9. The Balaban J connectivity index is 1.76. The van der Waals surface area contributed by atoms with E-state index in [9.17, 15) is 30.6 Å². The lowest BCUT2D eigenvalue weighted by molar-refractivity contribution is -0.232. The Labute approximate surface area is 197 Å². The molecule has 8 atom stereocenters. The van der Waals surface area contributed by atoms with Gasteiger partial charge < -0.3 is 35.4 Å². The van der Waals surface area contributed by atoms with E-state index in [1.54, 1.807) is 18.2 Å². The normalized spacial score (nSPS) is 36.6. The molecule has 2 aromatic carbocycles. The van der Waals surface area contributed by atoms with Gasteiger partial charge >= 0.3 is 0 Å². The van der Waals surface area contributed by atoms with Gasteiger partial charge in [-0.25, -0.2) is 0 Å². The highest BCUT2D eigenvalue weighted by Crippen LogP contribution is 2.61. The molecule has 7 nitrogen and oxygen atoms in total. The zero-order valence-electron chi connectivity index (χ0n) is 18.6. The maximum Gasteiger partial charge on any atom is 0.119 e. The first-order chi connectivity index (χ1) is 15.6. The highest BCUT2D eigenvalue weighted by molar-refractivity contribution is 6.31. The van der Waals surface area contributed by atoms with Crippen molar-refractivity contribution in [3.05, 3.63) is 64.2 Å². The number of hydrogen-bond acceptors (Lipinski definition) is 7. The zero-order valence-corrected chi connectivity index (χ0v) is 19.4. The van der Waals surface area contributed by atoms with Crippen LogP contribution in [-0.4, -0.2) is 73.9 Å². The Morgan fingerprint density at radius 3 is 2.30 bits per heavy atom. The molecule has 33 heavy (non-hydrogen) atoms. The highest BCUT2D eigenvalue weighted by Gasteiger charge is 2.75. The van der Waals surface area contributed by atoms with Crippen LogP contribution in [0, 0.1) is 5.41 Å². The van der Waals surface area contributed by atoms with Gasteiger partial charge in [-0.2, -0.15) is 0 Å². The Bertz CT molecular complexity index is 997. The molecule has 2 fully saturated rings. The van der Waals surface area contributed by atoms with Crippen LogP contribution >= 0.6 is 11.6 Å². The average Bonchev–Trinajstić information content (AvgIpc) is 3.00. The number of aliphatic hydroxyl groups is 6. The van der Waals surface area contributed by atoms with Crippen molar-refractivity contribution < 1.29 is 35.4 Å². The number of rotatable bonds is 6. The van der Waals surface area contributed by atoms with Crippen molar-refractivity contribution in [2.75, 3.05) is 6.61 Å². The summed E-state index contributed by atoms with van der Waals surface area (Å²) >= 11 is 6.46. The molecule has 8 heteroatoms. The maximum atomic E-state index is 11.4. The SMILES string of the molecule is CCOc1ccc(Cc2cc([C@]34C(O)C[C@@](C(C)O)(C3O)[C@H](O)[C@H](O)[C@@H]4O)ccc2Cl)cc1. The van der Waals surface area contributed by atoms with Crippen molar-refractivity contribution in [1.29, 1.82) is 0 Å². The topological polar surface area (TPSA) is 131 Å². The Hall–Kier alpha value is -1.71. The summed E-state index contributed by atoms with van der Waals surface area (Å²) in [5.74, 6) is 0.754. The van der Waals surface area contributed by atoms with Gasteiger partial charge in [-0.3, -0.25) is 0 Å². The van der Waals surface area contributed by atoms with E-state index in [1.807, 2.05) is 31.2 Å². The van der Waals surface area contributed by atoms with Gasteiger partial charge in [0.15, 0.2) is 0 Å². The summed E-state index contributed by atoms with van der Waals surface area (Å²) in [4.78, 5) is 0. The van der Waals surface area contributed by atoms with E-state index in [1.165, 1.54) is 6.92 Å². The van der Waals surface area contributed by atoms with Crippen LogP contribution in [0.1, 0.15) is 37.0 Å². The largest absolute Gasteiger partial charge is 0.494 e. The lowest BCUT2D eigenvalue weighted by Crippen LogP contribution is -2.70. The van der Waals surface area contributed by atoms with Crippen molar-refractivity contribution in [3.63, 3.8) is 0 Å². The Morgan fingerprint density at radius 1 is 1.03 bits per heavy atom. The van der Waals surface area contributed by atoms with Crippen LogP contribution in [0.15, 0.2) is 42.5 Å². The zero-order chi connectivity index (χ0) is 24.1. The molecule has 2 bridgehead atoms. The van der Waals surface area contributed by atoms with Gasteiger partial charge in [-0.15, -0.1) is 0 Å². The molecule has 2 aliphatic carbocycles. The van der Waals surface area contributed by atoms with Gasteiger partial charge in [-0.05, 0) is 61.6 Å². The molecule has 0 spiro atoms. The summed E-state index contributed by atoms with van der Waals surface area (Å²) in [6.45, 7) is 3.88. The van der Waals surface area contributed by atoms with Gasteiger partial charge in [0.25, 0.3) is 0 Å². The van der Waals surface area contributed by atoms with Crippen molar-refractivity contribution in [1.82, 2.24) is 0 Å². The van der Waals surface area contributed by atoms with E-state index in [2.05, 4.69) is 0 Å². The van der Waals surface area contributed by atoms with Crippen LogP contribution < -0.4 is 4.74 Å². The van der Waals surface area contributed by atoms with E-state index in [0.717, 1.165) is 11.3 Å². The molecule has 0 saturated heterocycles. The summed E-state index contributed by atoms with van der Waals surface area (Å²) < 4.78 is 5.47. The third-order valence-electron chi connectivity index (χ3n) is 7.70. The maximum absolute atomic E-state index is 11.4. The predicted octanol–water partition coefficient (Wildman–Crippen LogP) is 1.16. The Morgan fingerprint density at radius 2 is 1.70 bits per heavy atom. The van der Waals surface area contributed by atoms with Crippen LogP contribution in [0.4, 0.5) is 0 Å². The van der Waals surface area contributed by atoms with Crippen molar-refractivity contribution in [2.45, 2.75) is 68.7 Å². The van der Waals surface area contributed by atoms with Crippen LogP contribution in [0.5, 0.6) is 5.75 Å². The van der Waals surface area contributed by atoms with Gasteiger partial charge in [-0.1, -0.05) is 35.9 Å². The van der Waals surface area contributed by atoms with Crippen LogP contribution in [0.2, 0.25) is 5.02 Å². The second-order valence-corrected chi connectivity index (χ2v) is 9.69. The minimum absolute atomic E-state index is 0.183. The van der Waals surface area contributed by atoms with Gasteiger partial charge in [0.1, 0.15) is 11.9 Å². The fraction of sp³-hybridized carbons (Fsp3) is 0.520. The fourth-order valence-corrected chi connectivity index (χ4v) is 6.08. The molecule has 3 unspecified atom stereocenters. The fourth-order valence-electron chi connectivity index (χ4n) is 5.89. The number of hydrogen-bond donors (Lipinski definition) is 6. The molecule has 2 aliphatic rings. The minimum atomic E-state index is -1.70. The van der Waals surface area contributed by atoms with E-state index >= 15 is 0 Å². The standard InChI is InChI=1S/C25H31ClO7/c1-3-33-17-7-4-14(5-8-17)10-15-11-16(6-9-18(15)26)25-19(28)12-24(13(2)27,23(25)32)21(30)20(29)22(25)31/h4-9,11,13,19-23,27-32H,3,10,12H2,1-2H3/t13?,19?,20-,21+,22-,23?,24-,25+/m0/s1. The molecular formula is C25H31ClO7. The summed E-state index contributed by atoms with van der Waals surface area (Å²) in [6.07, 6.45) is -8.73. The van der Waals surface area contributed by atoms with Crippen LogP contribution in [0.3, 0.4) is 0 Å². The highest BCUT2D eigenvalue weighted by atomic mass is 35.5. The average molecular weight is 479 g/mol. The number of ether oxygens (including phenoxy) is 1. The number of halogens is 1. The smallest absolute Gasteiger partial charge is 0.119 e. The lowest BCUT2D eigenvalue weighted by atomic mass is 9.58. The Kier molecular flexibility index (Phi) is 6.52. The number of fused-ring (bicyclic) bond motifs is 2. The molecule has 0 radical (unpaired) electrons. The van der Waals surface area contributed by atoms with Crippen molar-refractivity contribution >= 4 is 11.6 Å². The molecular weight excluding hydrogens is 448 g/mol. The van der Waals surface area contributed by atoms with E-state index in [-0.39, 0.29) is 6.42 Å². The second-order valence-electron chi connectivity index (χ2n) is 9.28. The first-order valence-electron chi connectivity index (χ1n) is 11.2. The third kappa shape index (κ3) is 3.49. The monoisotopic (exact) mass is 478 g/mol. The van der Waals surface area contributed by atoms with E-state index in [0.29, 0.717) is 29.2 Å². The quantitative estimate of drug-likeness (QED) is 0.367. The molecule has 0 aliphatic heterocycles. The second kappa shape index (κ2) is 8.82. The molecule has 2 saturated carbocycles. The summed E-state index contributed by atoms with van der Waals surface area (Å²) in [7, 11) is 0.